The second-order valence-electron chi connectivity index (χ2n) is 4.43. The fraction of sp³-hybridized carbons (Fsp3) is 0.250. The molecule has 2 aromatic carbocycles. The van der Waals surface area contributed by atoms with Crippen LogP contribution in [0.25, 0.3) is 0 Å². The van der Waals surface area contributed by atoms with E-state index in [9.17, 15) is 5.11 Å². The smallest absolute Gasteiger partial charge is 0.0540 e. The Kier molecular flexibility index (Phi) is 3.60. The lowest BCUT2D eigenvalue weighted by atomic mass is 9.87. The molecule has 1 nitrogen and oxygen atoms in total. The van der Waals surface area contributed by atoms with Gasteiger partial charge in [0.25, 0.3) is 0 Å². The molecule has 2 rings (SSSR count). The number of aliphatic hydroxyl groups excluding tert-OH is 1. The summed E-state index contributed by atoms with van der Waals surface area (Å²) in [5, 5.41) is 9.65. The summed E-state index contributed by atoms with van der Waals surface area (Å²) in [7, 11) is 0. The van der Waals surface area contributed by atoms with Crippen molar-refractivity contribution in [1.82, 2.24) is 0 Å². The molecule has 0 amide bonds. The average molecular weight is 226 g/mol. The molecular formula is C16H18O. The quantitative estimate of drug-likeness (QED) is 0.850. The van der Waals surface area contributed by atoms with Gasteiger partial charge in [0.2, 0.25) is 0 Å². The molecule has 1 heteroatoms. The molecular weight excluding hydrogens is 208 g/mol. The lowest BCUT2D eigenvalue weighted by molar-refractivity contribution is 0.280. The van der Waals surface area contributed by atoms with E-state index in [1.165, 1.54) is 22.3 Å². The molecule has 0 saturated heterocycles. The van der Waals surface area contributed by atoms with Crippen molar-refractivity contribution in [2.24, 2.45) is 0 Å². The Balaban J connectivity index is 2.46. The van der Waals surface area contributed by atoms with Gasteiger partial charge in [-0.05, 0) is 36.1 Å². The van der Waals surface area contributed by atoms with E-state index < -0.39 is 0 Å². The van der Waals surface area contributed by atoms with Crippen LogP contribution in [-0.4, -0.2) is 11.7 Å². The highest BCUT2D eigenvalue weighted by Crippen LogP contribution is 2.27. The highest BCUT2D eigenvalue weighted by atomic mass is 16.3. The standard InChI is InChI=1S/C16H18O/c1-12-7-6-10-15(13(12)2)16(11-17)14-8-4-3-5-9-14/h3-10,16-17H,11H2,1-2H3. The fourth-order valence-corrected chi connectivity index (χ4v) is 2.22. The molecule has 2 aromatic rings. The van der Waals surface area contributed by atoms with Gasteiger partial charge in [-0.15, -0.1) is 0 Å². The Morgan fingerprint density at radius 3 is 2.29 bits per heavy atom. The summed E-state index contributed by atoms with van der Waals surface area (Å²) >= 11 is 0. The summed E-state index contributed by atoms with van der Waals surface area (Å²) in [6.07, 6.45) is 0. The van der Waals surface area contributed by atoms with Gasteiger partial charge in [-0.1, -0.05) is 48.5 Å². The van der Waals surface area contributed by atoms with Crippen molar-refractivity contribution < 1.29 is 5.11 Å². The third kappa shape index (κ3) is 2.40. The molecule has 0 fully saturated rings. The summed E-state index contributed by atoms with van der Waals surface area (Å²) in [6, 6.07) is 16.5. The van der Waals surface area contributed by atoms with Crippen molar-refractivity contribution in [2.45, 2.75) is 19.8 Å². The second kappa shape index (κ2) is 5.15. The first-order valence-corrected chi connectivity index (χ1v) is 5.96. The predicted octanol–water partition coefficient (Wildman–Crippen LogP) is 3.43. The van der Waals surface area contributed by atoms with E-state index in [0.29, 0.717) is 0 Å². The summed E-state index contributed by atoms with van der Waals surface area (Å²) < 4.78 is 0. The van der Waals surface area contributed by atoms with Gasteiger partial charge in [-0.3, -0.25) is 0 Å². The van der Waals surface area contributed by atoms with Crippen LogP contribution in [-0.2, 0) is 0 Å². The van der Waals surface area contributed by atoms with Crippen LogP contribution in [0.3, 0.4) is 0 Å². The first-order chi connectivity index (χ1) is 8.24. The molecule has 0 heterocycles. The lowest BCUT2D eigenvalue weighted by Crippen LogP contribution is -2.08. The van der Waals surface area contributed by atoms with Crippen LogP contribution < -0.4 is 0 Å². The summed E-state index contributed by atoms with van der Waals surface area (Å²) in [5.74, 6) is 0.0797. The van der Waals surface area contributed by atoms with E-state index in [-0.39, 0.29) is 12.5 Å². The van der Waals surface area contributed by atoms with Gasteiger partial charge in [0.15, 0.2) is 0 Å². The zero-order valence-corrected chi connectivity index (χ0v) is 10.4. The molecule has 1 atom stereocenters. The Morgan fingerprint density at radius 2 is 1.65 bits per heavy atom. The topological polar surface area (TPSA) is 20.2 Å². The van der Waals surface area contributed by atoms with Crippen molar-refractivity contribution in [3.63, 3.8) is 0 Å². The molecule has 1 N–H and O–H groups in total. The Morgan fingerprint density at radius 1 is 0.941 bits per heavy atom. The summed E-state index contributed by atoms with van der Waals surface area (Å²) in [5.41, 5.74) is 4.94. The summed E-state index contributed by atoms with van der Waals surface area (Å²) in [4.78, 5) is 0. The van der Waals surface area contributed by atoms with Crippen LogP contribution in [0.15, 0.2) is 48.5 Å². The molecule has 0 radical (unpaired) electrons. The van der Waals surface area contributed by atoms with Crippen LogP contribution in [0, 0.1) is 13.8 Å². The van der Waals surface area contributed by atoms with E-state index in [4.69, 9.17) is 0 Å². The molecule has 0 spiro atoms. The summed E-state index contributed by atoms with van der Waals surface area (Å²) in [6.45, 7) is 4.38. The molecule has 17 heavy (non-hydrogen) atoms. The SMILES string of the molecule is Cc1cccc(C(CO)c2ccccc2)c1C. The van der Waals surface area contributed by atoms with Crippen molar-refractivity contribution >= 4 is 0 Å². The predicted molar refractivity (Wildman–Crippen MR) is 71.3 cm³/mol. The van der Waals surface area contributed by atoms with E-state index >= 15 is 0 Å². The number of aliphatic hydroxyl groups is 1. The number of hydrogen-bond acceptors (Lipinski definition) is 1. The van der Waals surface area contributed by atoms with E-state index in [2.05, 4.69) is 44.2 Å². The van der Waals surface area contributed by atoms with Crippen molar-refractivity contribution in [2.75, 3.05) is 6.61 Å². The van der Waals surface area contributed by atoms with Gasteiger partial charge in [0, 0.05) is 5.92 Å². The van der Waals surface area contributed by atoms with Crippen LogP contribution in [0.1, 0.15) is 28.2 Å². The molecule has 0 aliphatic rings. The first-order valence-electron chi connectivity index (χ1n) is 5.96. The van der Waals surface area contributed by atoms with Crippen molar-refractivity contribution in [3.05, 3.63) is 70.8 Å². The Bertz CT molecular complexity index is 488. The minimum atomic E-state index is 0.0797. The van der Waals surface area contributed by atoms with Crippen molar-refractivity contribution in [1.29, 1.82) is 0 Å². The minimum absolute atomic E-state index is 0.0797. The highest BCUT2D eigenvalue weighted by molar-refractivity contribution is 5.41. The van der Waals surface area contributed by atoms with Gasteiger partial charge in [-0.25, -0.2) is 0 Å². The molecule has 0 aliphatic carbocycles. The van der Waals surface area contributed by atoms with E-state index in [1.807, 2.05) is 18.2 Å². The Labute approximate surface area is 103 Å². The maximum atomic E-state index is 9.65. The third-order valence-electron chi connectivity index (χ3n) is 3.41. The van der Waals surface area contributed by atoms with Gasteiger partial charge in [0.05, 0.1) is 6.61 Å². The van der Waals surface area contributed by atoms with E-state index in [0.717, 1.165) is 0 Å². The second-order valence-corrected chi connectivity index (χ2v) is 4.43. The number of benzene rings is 2. The number of rotatable bonds is 3. The Hall–Kier alpha value is -1.60. The van der Waals surface area contributed by atoms with E-state index in [1.54, 1.807) is 0 Å². The fourth-order valence-electron chi connectivity index (χ4n) is 2.22. The van der Waals surface area contributed by atoms with Gasteiger partial charge >= 0.3 is 0 Å². The number of hydrogen-bond donors (Lipinski definition) is 1. The molecule has 0 aromatic heterocycles. The molecule has 1 unspecified atom stereocenters. The lowest BCUT2D eigenvalue weighted by Gasteiger charge is -2.18. The van der Waals surface area contributed by atoms with Crippen molar-refractivity contribution in [3.8, 4) is 0 Å². The molecule has 88 valence electrons. The van der Waals surface area contributed by atoms with Gasteiger partial charge in [0.1, 0.15) is 0 Å². The minimum Gasteiger partial charge on any atom is -0.395 e. The van der Waals surface area contributed by atoms with Crippen LogP contribution >= 0.6 is 0 Å². The largest absolute Gasteiger partial charge is 0.395 e. The van der Waals surface area contributed by atoms with Gasteiger partial charge in [-0.2, -0.15) is 0 Å². The molecule has 0 saturated carbocycles. The van der Waals surface area contributed by atoms with Crippen LogP contribution in [0.2, 0.25) is 0 Å². The molecule has 0 bridgehead atoms. The van der Waals surface area contributed by atoms with Crippen LogP contribution in [0.4, 0.5) is 0 Å². The monoisotopic (exact) mass is 226 g/mol. The molecule has 0 aliphatic heterocycles. The maximum absolute atomic E-state index is 9.65. The van der Waals surface area contributed by atoms with Gasteiger partial charge < -0.3 is 5.11 Å². The zero-order chi connectivity index (χ0) is 12.3. The normalized spacial score (nSPS) is 12.4. The van der Waals surface area contributed by atoms with Crippen LogP contribution in [0.5, 0.6) is 0 Å². The third-order valence-corrected chi connectivity index (χ3v) is 3.41. The number of aryl methyl sites for hydroxylation is 1. The highest BCUT2D eigenvalue weighted by Gasteiger charge is 2.15. The maximum Gasteiger partial charge on any atom is 0.0540 e. The average Bonchev–Trinajstić information content (AvgIpc) is 2.37. The first kappa shape index (κ1) is 11.9. The zero-order valence-electron chi connectivity index (χ0n) is 10.4.